The first-order valence-electron chi connectivity index (χ1n) is 9.58. The molecule has 0 unspecified atom stereocenters. The van der Waals surface area contributed by atoms with Gasteiger partial charge in [0.1, 0.15) is 0 Å². The maximum atomic E-state index is 12.6. The third-order valence-electron chi connectivity index (χ3n) is 4.79. The summed E-state index contributed by atoms with van der Waals surface area (Å²) in [6.45, 7) is 2.85. The maximum absolute atomic E-state index is 12.6. The molecule has 152 valence electrons. The summed E-state index contributed by atoms with van der Waals surface area (Å²) < 4.78 is 3.55. The number of para-hydroxylation sites is 3. The van der Waals surface area contributed by atoms with Crippen molar-refractivity contribution >= 4 is 28.5 Å². The molecule has 2 aromatic heterocycles. The fraction of sp³-hybridized carbons (Fsp3) is 0.182. The number of aromatic nitrogens is 4. The Bertz CT molecular complexity index is 1280. The average Bonchev–Trinajstić information content (AvgIpc) is 3.15. The van der Waals surface area contributed by atoms with Gasteiger partial charge in [0, 0.05) is 24.8 Å². The number of carbonyl (C=O) groups is 1. The number of imidazole rings is 1. The van der Waals surface area contributed by atoms with E-state index in [0.29, 0.717) is 35.9 Å². The van der Waals surface area contributed by atoms with Crippen molar-refractivity contribution < 1.29 is 4.79 Å². The molecule has 2 aromatic carbocycles. The molecule has 0 aliphatic heterocycles. The minimum Gasteiger partial charge on any atom is -0.350 e. The molecule has 0 fully saturated rings. The summed E-state index contributed by atoms with van der Waals surface area (Å²) in [6.07, 6.45) is 2.48. The summed E-state index contributed by atoms with van der Waals surface area (Å²) in [6, 6.07) is 16.4. The molecular weight excluding hydrogens is 402 g/mol. The van der Waals surface area contributed by atoms with Crippen molar-refractivity contribution in [3.05, 3.63) is 87.6 Å². The second kappa shape index (κ2) is 8.51. The molecule has 0 spiro atoms. The largest absolute Gasteiger partial charge is 0.350 e. The second-order valence-corrected chi connectivity index (χ2v) is 7.31. The monoisotopic (exact) mass is 421 g/mol. The van der Waals surface area contributed by atoms with Crippen molar-refractivity contribution in [1.29, 1.82) is 0 Å². The van der Waals surface area contributed by atoms with Gasteiger partial charge in [-0.3, -0.25) is 9.59 Å². The Morgan fingerprint density at radius 3 is 2.73 bits per heavy atom. The molecule has 30 heavy (non-hydrogen) atoms. The Hall–Kier alpha value is -3.45. The van der Waals surface area contributed by atoms with Gasteiger partial charge in [0.15, 0.2) is 5.69 Å². The smallest absolute Gasteiger partial charge is 0.275 e. The number of hydrogen-bond donors (Lipinski definition) is 1. The predicted octanol–water partition coefficient (Wildman–Crippen LogP) is 3.36. The van der Waals surface area contributed by atoms with Crippen LogP contribution in [0, 0.1) is 6.92 Å². The van der Waals surface area contributed by atoms with Crippen LogP contribution in [0.15, 0.2) is 65.7 Å². The quantitative estimate of drug-likeness (QED) is 0.484. The van der Waals surface area contributed by atoms with Gasteiger partial charge in [0.05, 0.1) is 28.1 Å². The number of aryl methyl sites for hydroxylation is 2. The van der Waals surface area contributed by atoms with Crippen LogP contribution in [0.2, 0.25) is 5.02 Å². The normalized spacial score (nSPS) is 11.0. The number of rotatable bonds is 6. The van der Waals surface area contributed by atoms with Crippen molar-refractivity contribution in [2.75, 3.05) is 6.54 Å². The lowest BCUT2D eigenvalue weighted by atomic mass is 10.2. The minimum absolute atomic E-state index is 0.159. The molecule has 0 radical (unpaired) electrons. The third-order valence-corrected chi connectivity index (χ3v) is 5.11. The van der Waals surface area contributed by atoms with Crippen molar-refractivity contribution in [3.8, 4) is 5.69 Å². The highest BCUT2D eigenvalue weighted by atomic mass is 35.5. The van der Waals surface area contributed by atoms with Crippen molar-refractivity contribution in [1.82, 2.24) is 24.6 Å². The molecule has 0 atom stereocenters. The van der Waals surface area contributed by atoms with E-state index in [1.165, 1.54) is 10.7 Å². The molecule has 1 N–H and O–H groups in total. The number of fused-ring (bicyclic) bond motifs is 1. The Morgan fingerprint density at radius 1 is 1.13 bits per heavy atom. The Kier molecular flexibility index (Phi) is 5.63. The van der Waals surface area contributed by atoms with Gasteiger partial charge in [0.2, 0.25) is 5.43 Å². The lowest BCUT2D eigenvalue weighted by Crippen LogP contribution is -2.32. The van der Waals surface area contributed by atoms with Gasteiger partial charge in [-0.15, -0.1) is 0 Å². The van der Waals surface area contributed by atoms with Crippen LogP contribution in [-0.4, -0.2) is 31.8 Å². The van der Waals surface area contributed by atoms with Crippen LogP contribution < -0.4 is 10.7 Å². The van der Waals surface area contributed by atoms with Gasteiger partial charge in [-0.1, -0.05) is 35.9 Å². The lowest BCUT2D eigenvalue weighted by Gasteiger charge is -2.12. The lowest BCUT2D eigenvalue weighted by molar-refractivity contribution is 0.0945. The summed E-state index contributed by atoms with van der Waals surface area (Å²) in [5, 5.41) is 7.53. The van der Waals surface area contributed by atoms with Crippen LogP contribution in [0.1, 0.15) is 22.6 Å². The van der Waals surface area contributed by atoms with Gasteiger partial charge in [-0.05, 0) is 37.6 Å². The van der Waals surface area contributed by atoms with Gasteiger partial charge in [0.25, 0.3) is 5.91 Å². The number of carbonyl (C=O) groups excluding carboxylic acids is 1. The van der Waals surface area contributed by atoms with E-state index in [2.05, 4.69) is 15.4 Å². The van der Waals surface area contributed by atoms with E-state index in [-0.39, 0.29) is 5.69 Å². The molecule has 1 amide bonds. The van der Waals surface area contributed by atoms with Crippen LogP contribution in [0.4, 0.5) is 0 Å². The zero-order valence-corrected chi connectivity index (χ0v) is 17.1. The topological polar surface area (TPSA) is 81.8 Å². The number of amides is 1. The Morgan fingerprint density at radius 2 is 1.90 bits per heavy atom. The van der Waals surface area contributed by atoms with Gasteiger partial charge >= 0.3 is 0 Å². The summed E-state index contributed by atoms with van der Waals surface area (Å²) in [5.74, 6) is -0.503. The predicted molar refractivity (Wildman–Crippen MR) is 116 cm³/mol. The molecule has 8 heteroatoms. The number of halogens is 1. The fourth-order valence-corrected chi connectivity index (χ4v) is 3.51. The van der Waals surface area contributed by atoms with E-state index >= 15 is 0 Å². The number of benzene rings is 2. The summed E-state index contributed by atoms with van der Waals surface area (Å²) >= 11 is 6.25. The highest BCUT2D eigenvalue weighted by Gasteiger charge is 2.16. The molecule has 4 rings (SSSR count). The van der Waals surface area contributed by atoms with Crippen molar-refractivity contribution in [2.45, 2.75) is 19.9 Å². The number of nitrogens with zero attached hydrogens (tertiary/aromatic N) is 4. The summed E-state index contributed by atoms with van der Waals surface area (Å²) in [4.78, 5) is 29.3. The highest BCUT2D eigenvalue weighted by Crippen LogP contribution is 2.19. The molecule has 2 heterocycles. The minimum atomic E-state index is -0.503. The Balaban J connectivity index is 1.45. The maximum Gasteiger partial charge on any atom is 0.275 e. The zero-order chi connectivity index (χ0) is 21.1. The van der Waals surface area contributed by atoms with Crippen LogP contribution in [0.5, 0.6) is 0 Å². The first-order valence-corrected chi connectivity index (χ1v) is 9.96. The third kappa shape index (κ3) is 3.97. The van der Waals surface area contributed by atoms with Gasteiger partial charge in [-0.25, -0.2) is 9.67 Å². The van der Waals surface area contributed by atoms with Crippen LogP contribution in [-0.2, 0) is 6.54 Å². The van der Waals surface area contributed by atoms with E-state index in [0.717, 1.165) is 11.0 Å². The molecule has 0 aliphatic rings. The van der Waals surface area contributed by atoms with E-state index in [4.69, 9.17) is 11.6 Å². The van der Waals surface area contributed by atoms with Crippen LogP contribution in [0.25, 0.3) is 16.7 Å². The van der Waals surface area contributed by atoms with Gasteiger partial charge < -0.3 is 9.88 Å². The molecule has 4 aromatic rings. The van der Waals surface area contributed by atoms with E-state index in [9.17, 15) is 9.59 Å². The first kappa shape index (κ1) is 19.8. The highest BCUT2D eigenvalue weighted by molar-refractivity contribution is 6.32. The molecule has 0 saturated heterocycles. The van der Waals surface area contributed by atoms with Crippen LogP contribution in [0.3, 0.4) is 0 Å². The first-order chi connectivity index (χ1) is 14.5. The molecule has 0 saturated carbocycles. The fourth-order valence-electron chi connectivity index (χ4n) is 3.30. The molecular formula is C22H20ClN5O2. The van der Waals surface area contributed by atoms with Crippen LogP contribution >= 0.6 is 11.6 Å². The van der Waals surface area contributed by atoms with E-state index < -0.39 is 11.3 Å². The van der Waals surface area contributed by atoms with E-state index in [1.54, 1.807) is 31.5 Å². The number of nitrogens with one attached hydrogen (secondary N) is 1. The Labute approximate surface area is 177 Å². The van der Waals surface area contributed by atoms with E-state index in [1.807, 2.05) is 34.9 Å². The van der Waals surface area contributed by atoms with Gasteiger partial charge in [-0.2, -0.15) is 5.10 Å². The SMILES string of the molecule is Cc1cc(=O)c(C(=O)NCCCn2cnc3ccccc32)nn1-c1ccccc1Cl. The summed E-state index contributed by atoms with van der Waals surface area (Å²) in [5.41, 5.74) is 2.61. The molecule has 7 nitrogen and oxygen atoms in total. The second-order valence-electron chi connectivity index (χ2n) is 6.90. The number of hydrogen-bond acceptors (Lipinski definition) is 4. The average molecular weight is 422 g/mol. The van der Waals surface area contributed by atoms with Crippen molar-refractivity contribution in [2.24, 2.45) is 0 Å². The summed E-state index contributed by atoms with van der Waals surface area (Å²) in [7, 11) is 0. The molecule has 0 aliphatic carbocycles. The van der Waals surface area contributed by atoms with Crippen molar-refractivity contribution in [3.63, 3.8) is 0 Å². The molecule has 0 bridgehead atoms. The zero-order valence-electron chi connectivity index (χ0n) is 16.4. The standard InChI is InChI=1S/C22H20ClN5O2/c1-15-13-20(29)21(26-28(15)18-9-4-2-7-16(18)23)22(30)24-11-6-12-27-14-25-17-8-3-5-10-19(17)27/h2-5,7-10,13-14H,6,11-12H2,1H3,(H,24,30).